The quantitative estimate of drug-likeness (QED) is 0.814. The van der Waals surface area contributed by atoms with Crippen molar-refractivity contribution in [1.82, 2.24) is 4.37 Å². The number of carbonyl (C=O) groups excluding carboxylic acids is 2. The lowest BCUT2D eigenvalue weighted by Gasteiger charge is -2.41. The number of carbonyl (C=O) groups is 2. The Morgan fingerprint density at radius 1 is 1.27 bits per heavy atom. The van der Waals surface area contributed by atoms with Crippen LogP contribution in [0.5, 0.6) is 0 Å². The summed E-state index contributed by atoms with van der Waals surface area (Å²) in [5, 5.41) is 1.97. The lowest BCUT2D eigenvalue weighted by molar-refractivity contribution is -0.127. The van der Waals surface area contributed by atoms with Crippen LogP contribution >= 0.6 is 11.5 Å². The van der Waals surface area contributed by atoms with Crippen LogP contribution in [0.3, 0.4) is 0 Å². The normalized spacial score (nSPS) is 22.4. The van der Waals surface area contributed by atoms with Gasteiger partial charge in [-0.2, -0.15) is 0 Å². The largest absolute Gasteiger partial charge is 0.368 e. The Balaban J connectivity index is 1.79. The molecule has 0 bridgehead atoms. The number of hydrogen-bond acceptors (Lipinski definition) is 5. The summed E-state index contributed by atoms with van der Waals surface area (Å²) in [5.74, 6) is -0.0349. The molecule has 3 heterocycles. The molecule has 2 amide bonds. The van der Waals surface area contributed by atoms with Gasteiger partial charge in [-0.05, 0) is 49.0 Å². The Bertz CT molecular complexity index is 831. The van der Waals surface area contributed by atoms with Crippen LogP contribution in [-0.4, -0.2) is 41.5 Å². The van der Waals surface area contributed by atoms with Crippen LogP contribution in [0, 0.1) is 0 Å². The molecule has 0 radical (unpaired) electrons. The molecule has 2 aliphatic heterocycles. The summed E-state index contributed by atoms with van der Waals surface area (Å²) in [4.78, 5) is 28.8. The van der Waals surface area contributed by atoms with E-state index in [1.54, 1.807) is 16.7 Å². The van der Waals surface area contributed by atoms with E-state index in [-0.39, 0.29) is 24.0 Å². The maximum Gasteiger partial charge on any atom is 0.256 e. The molecule has 2 aliphatic rings. The van der Waals surface area contributed by atoms with E-state index in [1.807, 2.05) is 36.7 Å². The van der Waals surface area contributed by atoms with Crippen LogP contribution in [0.15, 0.2) is 29.8 Å². The van der Waals surface area contributed by atoms with Crippen molar-refractivity contribution < 1.29 is 14.3 Å². The Kier molecular flexibility index (Phi) is 4.50. The van der Waals surface area contributed by atoms with Crippen LogP contribution in [0.4, 0.5) is 11.4 Å². The predicted octanol–water partition coefficient (Wildman–Crippen LogP) is 3.08. The van der Waals surface area contributed by atoms with Crippen molar-refractivity contribution in [2.24, 2.45) is 0 Å². The van der Waals surface area contributed by atoms with E-state index in [2.05, 4.69) is 4.37 Å². The third-order valence-corrected chi connectivity index (χ3v) is 5.58. The van der Waals surface area contributed by atoms with E-state index in [0.29, 0.717) is 13.2 Å². The minimum atomic E-state index is -0.384. The van der Waals surface area contributed by atoms with Crippen molar-refractivity contribution in [2.45, 2.75) is 38.8 Å². The zero-order chi connectivity index (χ0) is 18.3. The molecule has 2 atom stereocenters. The lowest BCUT2D eigenvalue weighted by Crippen LogP contribution is -2.53. The molecular formula is C19H21N3O3S. The Labute approximate surface area is 156 Å². The predicted molar refractivity (Wildman–Crippen MR) is 101 cm³/mol. The molecule has 2 aromatic rings. The van der Waals surface area contributed by atoms with Gasteiger partial charge in [0.1, 0.15) is 6.10 Å². The monoisotopic (exact) mass is 371 g/mol. The van der Waals surface area contributed by atoms with Crippen molar-refractivity contribution in [2.75, 3.05) is 23.0 Å². The first kappa shape index (κ1) is 17.2. The molecule has 4 rings (SSSR count). The number of rotatable bonds is 2. The van der Waals surface area contributed by atoms with Gasteiger partial charge in [0.05, 0.1) is 17.4 Å². The number of anilines is 2. The Morgan fingerprint density at radius 3 is 2.77 bits per heavy atom. The molecule has 26 heavy (non-hydrogen) atoms. The fraction of sp³-hybridized carbons (Fsp3) is 0.421. The highest BCUT2D eigenvalue weighted by Gasteiger charge is 2.37. The van der Waals surface area contributed by atoms with Gasteiger partial charge in [0.2, 0.25) is 5.91 Å². The van der Waals surface area contributed by atoms with Crippen molar-refractivity contribution in [3.63, 3.8) is 0 Å². The molecule has 1 aromatic carbocycles. The molecule has 136 valence electrons. The maximum atomic E-state index is 13.1. The highest BCUT2D eigenvalue weighted by Crippen LogP contribution is 2.39. The standard InChI is InChI=1S/C19H21N3O3S/c1-12-10-21(19(24)18-4-3-7-25-18)17-8-14(15-9-20-26-11-15)5-6-16(17)22(12)13(2)23/h5-6,8-9,11-12,18H,3-4,7,10H2,1-2H3/t12-,18?/m0/s1. The number of benzene rings is 1. The number of fused-ring (bicyclic) bond motifs is 1. The summed E-state index contributed by atoms with van der Waals surface area (Å²) in [6.45, 7) is 4.63. The topological polar surface area (TPSA) is 62.7 Å². The van der Waals surface area contributed by atoms with Crippen molar-refractivity contribution in [1.29, 1.82) is 0 Å². The second kappa shape index (κ2) is 6.81. The van der Waals surface area contributed by atoms with Gasteiger partial charge in [-0.25, -0.2) is 4.37 Å². The molecule has 1 unspecified atom stereocenters. The van der Waals surface area contributed by atoms with Crippen LogP contribution in [0.25, 0.3) is 11.1 Å². The first-order valence-electron chi connectivity index (χ1n) is 8.83. The molecule has 0 N–H and O–H groups in total. The lowest BCUT2D eigenvalue weighted by atomic mass is 10.0. The molecule has 1 fully saturated rings. The zero-order valence-electron chi connectivity index (χ0n) is 14.8. The van der Waals surface area contributed by atoms with Gasteiger partial charge < -0.3 is 14.5 Å². The third kappa shape index (κ3) is 2.91. The van der Waals surface area contributed by atoms with E-state index in [0.717, 1.165) is 35.3 Å². The van der Waals surface area contributed by atoms with Gasteiger partial charge >= 0.3 is 0 Å². The number of ether oxygens (including phenoxy) is 1. The number of amides is 2. The molecule has 0 spiro atoms. The fourth-order valence-corrected chi connectivity index (χ4v) is 4.33. The van der Waals surface area contributed by atoms with Gasteiger partial charge in [-0.15, -0.1) is 0 Å². The van der Waals surface area contributed by atoms with Crippen molar-refractivity contribution in [3.8, 4) is 11.1 Å². The number of aromatic nitrogens is 1. The van der Waals surface area contributed by atoms with Gasteiger partial charge in [0.25, 0.3) is 5.91 Å². The first-order valence-corrected chi connectivity index (χ1v) is 9.66. The van der Waals surface area contributed by atoms with Gasteiger partial charge in [0, 0.05) is 37.2 Å². The summed E-state index contributed by atoms with van der Waals surface area (Å²) >= 11 is 1.39. The summed E-state index contributed by atoms with van der Waals surface area (Å²) in [6, 6.07) is 5.80. The van der Waals surface area contributed by atoms with Gasteiger partial charge in [0.15, 0.2) is 0 Å². The number of nitrogens with zero attached hydrogens (tertiary/aromatic N) is 3. The highest BCUT2D eigenvalue weighted by molar-refractivity contribution is 7.03. The summed E-state index contributed by atoms with van der Waals surface area (Å²) in [5.41, 5.74) is 3.54. The van der Waals surface area contributed by atoms with Crippen LogP contribution < -0.4 is 9.80 Å². The molecule has 1 aromatic heterocycles. The average Bonchev–Trinajstić information content (AvgIpc) is 3.33. The van der Waals surface area contributed by atoms with Crippen LogP contribution in [0.1, 0.15) is 26.7 Å². The average molecular weight is 371 g/mol. The SMILES string of the molecule is CC(=O)N1c2ccc(-c3cnsc3)cc2N(C(=O)C2CCCO2)C[C@@H]1C. The second-order valence-corrected chi connectivity index (χ2v) is 7.46. The summed E-state index contributed by atoms with van der Waals surface area (Å²) in [6.07, 6.45) is 3.09. The molecule has 7 heteroatoms. The highest BCUT2D eigenvalue weighted by atomic mass is 32.1. The van der Waals surface area contributed by atoms with Crippen molar-refractivity contribution >= 4 is 34.7 Å². The molecule has 1 saturated heterocycles. The molecule has 0 aliphatic carbocycles. The second-order valence-electron chi connectivity index (χ2n) is 6.81. The smallest absolute Gasteiger partial charge is 0.256 e. The van der Waals surface area contributed by atoms with Crippen LogP contribution in [-0.2, 0) is 14.3 Å². The minimum Gasteiger partial charge on any atom is -0.368 e. The van der Waals surface area contributed by atoms with E-state index in [4.69, 9.17) is 4.74 Å². The Morgan fingerprint density at radius 2 is 2.12 bits per heavy atom. The zero-order valence-corrected chi connectivity index (χ0v) is 15.7. The van der Waals surface area contributed by atoms with E-state index >= 15 is 0 Å². The minimum absolute atomic E-state index is 0.0144. The van der Waals surface area contributed by atoms with Crippen LogP contribution in [0.2, 0.25) is 0 Å². The number of hydrogen-bond donors (Lipinski definition) is 0. The summed E-state index contributed by atoms with van der Waals surface area (Å²) < 4.78 is 9.77. The molecule has 0 saturated carbocycles. The van der Waals surface area contributed by atoms with E-state index in [1.165, 1.54) is 11.5 Å². The molecular weight excluding hydrogens is 350 g/mol. The maximum absolute atomic E-state index is 13.1. The van der Waals surface area contributed by atoms with E-state index < -0.39 is 0 Å². The van der Waals surface area contributed by atoms with E-state index in [9.17, 15) is 9.59 Å². The van der Waals surface area contributed by atoms with Gasteiger partial charge in [-0.1, -0.05) is 6.07 Å². The summed E-state index contributed by atoms with van der Waals surface area (Å²) in [7, 11) is 0. The Hall–Kier alpha value is -2.25. The fourth-order valence-electron chi connectivity index (χ4n) is 3.79. The molecule has 6 nitrogen and oxygen atoms in total. The van der Waals surface area contributed by atoms with Crippen molar-refractivity contribution in [3.05, 3.63) is 29.8 Å². The first-order chi connectivity index (χ1) is 12.6. The van der Waals surface area contributed by atoms with Gasteiger partial charge in [-0.3, -0.25) is 9.59 Å². The third-order valence-electron chi connectivity index (χ3n) is 4.99.